The van der Waals surface area contributed by atoms with Gasteiger partial charge in [-0.3, -0.25) is 5.10 Å². The van der Waals surface area contributed by atoms with Gasteiger partial charge in [0.1, 0.15) is 6.33 Å². The summed E-state index contributed by atoms with van der Waals surface area (Å²) in [7, 11) is 0. The monoisotopic (exact) mass is 282 g/mol. The molecule has 0 aliphatic rings. The van der Waals surface area contributed by atoms with Gasteiger partial charge in [-0.2, -0.15) is 5.10 Å². The molecule has 4 nitrogen and oxygen atoms in total. The summed E-state index contributed by atoms with van der Waals surface area (Å²) in [6.45, 7) is 0.829. The van der Waals surface area contributed by atoms with E-state index in [1.54, 1.807) is 11.8 Å². The molecule has 0 aliphatic carbocycles. The van der Waals surface area contributed by atoms with E-state index in [4.69, 9.17) is 0 Å². The molecule has 2 aromatic carbocycles. The van der Waals surface area contributed by atoms with Crippen molar-refractivity contribution in [3.63, 3.8) is 0 Å². The number of rotatable bonds is 5. The van der Waals surface area contributed by atoms with Gasteiger partial charge in [0.2, 0.25) is 0 Å². The Morgan fingerprint density at radius 3 is 2.50 bits per heavy atom. The van der Waals surface area contributed by atoms with Gasteiger partial charge in [0, 0.05) is 17.1 Å². The number of hydrogen-bond acceptors (Lipinski definition) is 4. The van der Waals surface area contributed by atoms with Gasteiger partial charge in [0.25, 0.3) is 0 Å². The minimum absolute atomic E-state index is 0.801. The summed E-state index contributed by atoms with van der Waals surface area (Å²) in [5.74, 6) is 0. The molecule has 0 saturated carbocycles. The molecule has 0 atom stereocenters. The summed E-state index contributed by atoms with van der Waals surface area (Å²) in [4.78, 5) is 5.22. The first-order valence-corrected chi connectivity index (χ1v) is 7.13. The first-order chi connectivity index (χ1) is 9.90. The van der Waals surface area contributed by atoms with Crippen LogP contribution in [0, 0.1) is 0 Å². The summed E-state index contributed by atoms with van der Waals surface area (Å²) < 4.78 is 0. The Hall–Kier alpha value is -2.27. The quantitative estimate of drug-likeness (QED) is 0.751. The van der Waals surface area contributed by atoms with Gasteiger partial charge in [-0.05, 0) is 29.8 Å². The van der Waals surface area contributed by atoms with Crippen LogP contribution in [0.25, 0.3) is 0 Å². The van der Waals surface area contributed by atoms with Crippen LogP contribution in [0.1, 0.15) is 5.56 Å². The third-order valence-electron chi connectivity index (χ3n) is 2.80. The second-order valence-electron chi connectivity index (χ2n) is 4.26. The minimum atomic E-state index is 0.801. The van der Waals surface area contributed by atoms with Crippen LogP contribution in [-0.4, -0.2) is 15.2 Å². The molecule has 0 radical (unpaired) electrons. The summed E-state index contributed by atoms with van der Waals surface area (Å²) in [6, 6.07) is 18.6. The maximum atomic E-state index is 4.09. The molecule has 5 heteroatoms. The van der Waals surface area contributed by atoms with Gasteiger partial charge in [0.05, 0.1) is 0 Å². The van der Waals surface area contributed by atoms with Crippen LogP contribution in [-0.2, 0) is 6.54 Å². The van der Waals surface area contributed by atoms with Crippen molar-refractivity contribution in [1.82, 2.24) is 15.2 Å². The van der Waals surface area contributed by atoms with Gasteiger partial charge in [-0.1, -0.05) is 42.1 Å². The number of H-pyrrole nitrogens is 1. The van der Waals surface area contributed by atoms with Crippen molar-refractivity contribution < 1.29 is 0 Å². The second-order valence-corrected chi connectivity index (χ2v) is 5.32. The molecule has 0 saturated heterocycles. The van der Waals surface area contributed by atoms with Gasteiger partial charge in [0.15, 0.2) is 5.16 Å². The lowest BCUT2D eigenvalue weighted by molar-refractivity contribution is 0.973. The van der Waals surface area contributed by atoms with Crippen molar-refractivity contribution in [2.75, 3.05) is 5.32 Å². The lowest BCUT2D eigenvalue weighted by Gasteiger charge is -2.07. The van der Waals surface area contributed by atoms with E-state index in [1.807, 2.05) is 18.2 Å². The van der Waals surface area contributed by atoms with E-state index < -0.39 is 0 Å². The predicted octanol–water partition coefficient (Wildman–Crippen LogP) is 3.57. The fraction of sp³-hybridized carbons (Fsp3) is 0.0667. The summed E-state index contributed by atoms with van der Waals surface area (Å²) >= 11 is 1.56. The van der Waals surface area contributed by atoms with E-state index in [9.17, 15) is 0 Å². The zero-order valence-corrected chi connectivity index (χ0v) is 11.6. The normalized spacial score (nSPS) is 10.4. The maximum absolute atomic E-state index is 4.09. The molecule has 0 fully saturated rings. The molecule has 0 unspecified atom stereocenters. The molecule has 0 amide bonds. The van der Waals surface area contributed by atoms with Crippen LogP contribution >= 0.6 is 11.8 Å². The molecule has 1 heterocycles. The molecule has 2 N–H and O–H groups in total. The first-order valence-electron chi connectivity index (χ1n) is 6.31. The second kappa shape index (κ2) is 6.25. The number of nitrogens with zero attached hydrogens (tertiary/aromatic N) is 2. The van der Waals surface area contributed by atoms with Gasteiger partial charge in [-0.15, -0.1) is 0 Å². The van der Waals surface area contributed by atoms with E-state index in [2.05, 4.69) is 56.9 Å². The molecule has 0 bridgehead atoms. The summed E-state index contributed by atoms with van der Waals surface area (Å²) in [6.07, 6.45) is 1.51. The highest BCUT2D eigenvalue weighted by atomic mass is 32.2. The SMILES string of the molecule is c1ccc(CNc2ccc(Sc3ncn[nH]3)cc2)cc1. The minimum Gasteiger partial charge on any atom is -0.381 e. The topological polar surface area (TPSA) is 53.6 Å². The summed E-state index contributed by atoms with van der Waals surface area (Å²) in [5.41, 5.74) is 2.38. The standard InChI is InChI=1S/C15H14N4S/c1-2-4-12(5-3-1)10-16-13-6-8-14(9-7-13)20-15-17-11-18-19-15/h1-9,11,16H,10H2,(H,17,18,19). The van der Waals surface area contributed by atoms with E-state index >= 15 is 0 Å². The van der Waals surface area contributed by atoms with Crippen molar-refractivity contribution >= 4 is 17.4 Å². The van der Waals surface area contributed by atoms with Crippen molar-refractivity contribution in [2.45, 2.75) is 16.6 Å². The molecule has 20 heavy (non-hydrogen) atoms. The first kappa shape index (κ1) is 12.7. The molecular formula is C15H14N4S. The lowest BCUT2D eigenvalue weighted by atomic mass is 10.2. The average molecular weight is 282 g/mol. The van der Waals surface area contributed by atoms with Crippen LogP contribution in [0.4, 0.5) is 5.69 Å². The van der Waals surface area contributed by atoms with Crippen molar-refractivity contribution in [3.05, 3.63) is 66.5 Å². The third-order valence-corrected chi connectivity index (χ3v) is 3.70. The molecule has 0 spiro atoms. The highest BCUT2D eigenvalue weighted by Crippen LogP contribution is 2.25. The highest BCUT2D eigenvalue weighted by Gasteiger charge is 2.00. The zero-order valence-electron chi connectivity index (χ0n) is 10.8. The van der Waals surface area contributed by atoms with Crippen LogP contribution in [0.5, 0.6) is 0 Å². The number of anilines is 1. The smallest absolute Gasteiger partial charge is 0.188 e. The van der Waals surface area contributed by atoms with Crippen molar-refractivity contribution in [1.29, 1.82) is 0 Å². The maximum Gasteiger partial charge on any atom is 0.188 e. The fourth-order valence-electron chi connectivity index (χ4n) is 1.80. The number of hydrogen-bond donors (Lipinski definition) is 2. The van der Waals surface area contributed by atoms with Crippen LogP contribution < -0.4 is 5.32 Å². The Morgan fingerprint density at radius 1 is 1.00 bits per heavy atom. The Bertz CT molecular complexity index is 635. The van der Waals surface area contributed by atoms with E-state index in [0.717, 1.165) is 22.3 Å². The number of aromatic nitrogens is 3. The third kappa shape index (κ3) is 3.39. The predicted molar refractivity (Wildman–Crippen MR) is 80.7 cm³/mol. The van der Waals surface area contributed by atoms with Crippen molar-refractivity contribution in [3.8, 4) is 0 Å². The number of aromatic amines is 1. The van der Waals surface area contributed by atoms with Gasteiger partial charge < -0.3 is 5.32 Å². The van der Waals surface area contributed by atoms with E-state index in [-0.39, 0.29) is 0 Å². The Kier molecular flexibility index (Phi) is 3.99. The van der Waals surface area contributed by atoms with Crippen LogP contribution in [0.15, 0.2) is 71.0 Å². The lowest BCUT2D eigenvalue weighted by Crippen LogP contribution is -1.98. The Morgan fingerprint density at radius 2 is 1.80 bits per heavy atom. The van der Waals surface area contributed by atoms with Crippen LogP contribution in [0.2, 0.25) is 0 Å². The number of benzene rings is 2. The Labute approximate surface area is 121 Å². The van der Waals surface area contributed by atoms with Crippen LogP contribution in [0.3, 0.4) is 0 Å². The van der Waals surface area contributed by atoms with E-state index in [1.165, 1.54) is 11.9 Å². The molecule has 3 rings (SSSR count). The average Bonchev–Trinajstić information content (AvgIpc) is 3.01. The van der Waals surface area contributed by atoms with Crippen molar-refractivity contribution in [2.24, 2.45) is 0 Å². The molecular weight excluding hydrogens is 268 g/mol. The summed E-state index contributed by atoms with van der Waals surface area (Å²) in [5, 5.41) is 10.9. The zero-order chi connectivity index (χ0) is 13.6. The highest BCUT2D eigenvalue weighted by molar-refractivity contribution is 7.99. The van der Waals surface area contributed by atoms with Gasteiger partial charge in [-0.25, -0.2) is 4.98 Å². The number of nitrogens with one attached hydrogen (secondary N) is 2. The molecule has 0 aliphatic heterocycles. The fourth-order valence-corrected chi connectivity index (χ4v) is 2.49. The van der Waals surface area contributed by atoms with Gasteiger partial charge >= 0.3 is 0 Å². The molecule has 3 aromatic rings. The molecule has 100 valence electrons. The molecule has 1 aromatic heterocycles. The largest absolute Gasteiger partial charge is 0.381 e. The Balaban J connectivity index is 1.59. The van der Waals surface area contributed by atoms with E-state index in [0.29, 0.717) is 0 Å².